The van der Waals surface area contributed by atoms with Gasteiger partial charge in [-0.1, -0.05) is 17.7 Å². The molecule has 0 aromatic heterocycles. The molecule has 3 aliphatic rings. The van der Waals surface area contributed by atoms with Crippen molar-refractivity contribution in [3.8, 4) is 0 Å². The van der Waals surface area contributed by atoms with E-state index in [4.69, 9.17) is 5.73 Å². The van der Waals surface area contributed by atoms with Crippen LogP contribution in [0.15, 0.2) is 47.6 Å². The number of nitrogens with one attached hydrogen (secondary N) is 1. The molecule has 26 heavy (non-hydrogen) atoms. The van der Waals surface area contributed by atoms with Gasteiger partial charge in [-0.25, -0.2) is 0 Å². The Balaban J connectivity index is 1.36. The monoisotopic (exact) mass is 351 g/mol. The normalized spacial score (nSPS) is 25.8. The molecule has 0 spiro atoms. The van der Waals surface area contributed by atoms with E-state index in [-0.39, 0.29) is 17.9 Å². The molecule has 0 bridgehead atoms. The third kappa shape index (κ3) is 3.85. The molecule has 1 fully saturated rings. The lowest BCUT2D eigenvalue weighted by molar-refractivity contribution is -0.120. The number of nitrogens with two attached hydrogens (primary N) is 1. The van der Waals surface area contributed by atoms with Gasteiger partial charge in [-0.3, -0.25) is 4.79 Å². The van der Waals surface area contributed by atoms with Gasteiger partial charge in [0.15, 0.2) is 0 Å². The maximum absolute atomic E-state index is 12.4. The number of anilines is 2. The van der Waals surface area contributed by atoms with Gasteiger partial charge < -0.3 is 16.0 Å². The van der Waals surface area contributed by atoms with E-state index in [1.807, 2.05) is 12.1 Å². The molecule has 0 atom stereocenters. The summed E-state index contributed by atoms with van der Waals surface area (Å²) in [6.07, 6.45) is 11.9. The van der Waals surface area contributed by atoms with Crippen LogP contribution in [-0.4, -0.2) is 25.0 Å². The summed E-state index contributed by atoms with van der Waals surface area (Å²) in [5, 5.41) is 3.08. The molecule has 1 aromatic carbocycles. The minimum absolute atomic E-state index is 0.111. The van der Waals surface area contributed by atoms with Crippen molar-refractivity contribution < 1.29 is 4.79 Å². The van der Waals surface area contributed by atoms with Gasteiger partial charge in [0.2, 0.25) is 5.91 Å². The van der Waals surface area contributed by atoms with Crippen molar-refractivity contribution in [1.29, 1.82) is 0 Å². The van der Waals surface area contributed by atoms with Crippen molar-refractivity contribution in [2.45, 2.75) is 51.0 Å². The number of allylic oxidation sites excluding steroid dienone is 1. The van der Waals surface area contributed by atoms with Crippen LogP contribution in [0.3, 0.4) is 0 Å². The highest BCUT2D eigenvalue weighted by Gasteiger charge is 2.24. The highest BCUT2D eigenvalue weighted by atomic mass is 16.1. The first kappa shape index (κ1) is 17.3. The second-order valence-corrected chi connectivity index (χ2v) is 7.89. The van der Waals surface area contributed by atoms with Crippen molar-refractivity contribution in [3.63, 3.8) is 0 Å². The third-order valence-electron chi connectivity index (χ3n) is 6.07. The van der Waals surface area contributed by atoms with Crippen molar-refractivity contribution >= 4 is 17.3 Å². The fraction of sp³-hybridized carbons (Fsp3) is 0.500. The Kier molecular flexibility index (Phi) is 5.11. The van der Waals surface area contributed by atoms with Gasteiger partial charge in [0.1, 0.15) is 0 Å². The highest BCUT2D eigenvalue weighted by Crippen LogP contribution is 2.30. The molecule has 0 unspecified atom stereocenters. The maximum Gasteiger partial charge on any atom is 0.227 e. The van der Waals surface area contributed by atoms with Crippen LogP contribution < -0.4 is 16.0 Å². The zero-order valence-electron chi connectivity index (χ0n) is 15.4. The van der Waals surface area contributed by atoms with Crippen molar-refractivity contribution in [1.82, 2.24) is 0 Å². The van der Waals surface area contributed by atoms with E-state index >= 15 is 0 Å². The van der Waals surface area contributed by atoms with Crippen LogP contribution in [0.1, 0.15) is 44.9 Å². The molecule has 1 saturated carbocycles. The van der Waals surface area contributed by atoms with E-state index < -0.39 is 0 Å². The SMILES string of the molecule is NC1CCC(C(=O)Nc2ccc(N3CCC4=C(C=CCC4)C3)cc2)CC1. The van der Waals surface area contributed by atoms with Crippen LogP contribution in [-0.2, 0) is 4.79 Å². The quantitative estimate of drug-likeness (QED) is 0.865. The van der Waals surface area contributed by atoms with Crippen LogP contribution in [0, 0.1) is 5.92 Å². The minimum Gasteiger partial charge on any atom is -0.367 e. The second kappa shape index (κ2) is 7.67. The number of rotatable bonds is 3. The molecule has 138 valence electrons. The van der Waals surface area contributed by atoms with Crippen LogP contribution in [0.25, 0.3) is 0 Å². The zero-order valence-corrected chi connectivity index (χ0v) is 15.4. The summed E-state index contributed by atoms with van der Waals surface area (Å²) in [4.78, 5) is 14.9. The summed E-state index contributed by atoms with van der Waals surface area (Å²) >= 11 is 0. The standard InChI is InChI=1S/C22H29N3O/c23-19-7-5-17(6-8-19)22(26)24-20-9-11-21(12-10-20)25-14-13-16-3-1-2-4-18(16)15-25/h2,4,9-12,17,19H,1,3,5-8,13-15,23H2,(H,24,26). The van der Waals surface area contributed by atoms with Gasteiger partial charge in [-0.15, -0.1) is 0 Å². The molecule has 0 radical (unpaired) electrons. The lowest BCUT2D eigenvalue weighted by Gasteiger charge is -2.33. The molecule has 1 heterocycles. The largest absolute Gasteiger partial charge is 0.367 e. The van der Waals surface area contributed by atoms with Crippen LogP contribution in [0.2, 0.25) is 0 Å². The van der Waals surface area contributed by atoms with Gasteiger partial charge in [-0.05, 0) is 74.8 Å². The Morgan fingerprint density at radius 1 is 1.08 bits per heavy atom. The summed E-state index contributed by atoms with van der Waals surface area (Å²) < 4.78 is 0. The zero-order chi connectivity index (χ0) is 17.9. The van der Waals surface area contributed by atoms with Gasteiger partial charge in [0.25, 0.3) is 0 Å². The van der Waals surface area contributed by atoms with E-state index in [9.17, 15) is 4.79 Å². The van der Waals surface area contributed by atoms with Crippen molar-refractivity contribution in [2.24, 2.45) is 11.7 Å². The number of hydrogen-bond donors (Lipinski definition) is 2. The number of carbonyl (C=O) groups excluding carboxylic acids is 1. The Labute approximate surface area is 156 Å². The first-order valence-electron chi connectivity index (χ1n) is 9.98. The average molecular weight is 351 g/mol. The Morgan fingerprint density at radius 3 is 2.62 bits per heavy atom. The van der Waals surface area contributed by atoms with Gasteiger partial charge >= 0.3 is 0 Å². The summed E-state index contributed by atoms with van der Waals surface area (Å²) in [5.41, 5.74) is 11.2. The first-order chi connectivity index (χ1) is 12.7. The van der Waals surface area contributed by atoms with E-state index in [0.29, 0.717) is 0 Å². The molecular formula is C22H29N3O. The fourth-order valence-electron chi connectivity index (χ4n) is 4.37. The average Bonchev–Trinajstić information content (AvgIpc) is 2.68. The molecule has 1 amide bonds. The summed E-state index contributed by atoms with van der Waals surface area (Å²) in [5.74, 6) is 0.254. The van der Waals surface area contributed by atoms with Crippen LogP contribution >= 0.6 is 0 Å². The minimum atomic E-state index is 0.111. The molecule has 3 N–H and O–H groups in total. The lowest BCUT2D eigenvalue weighted by Crippen LogP contribution is -2.32. The number of amides is 1. The molecular weight excluding hydrogens is 322 g/mol. The first-order valence-corrected chi connectivity index (χ1v) is 9.98. The molecule has 4 nitrogen and oxygen atoms in total. The van der Waals surface area contributed by atoms with Crippen LogP contribution in [0.5, 0.6) is 0 Å². The lowest BCUT2D eigenvalue weighted by atomic mass is 9.86. The summed E-state index contributed by atoms with van der Waals surface area (Å²) in [6.45, 7) is 2.08. The molecule has 2 aliphatic carbocycles. The molecule has 1 aromatic rings. The molecule has 4 heteroatoms. The van der Waals surface area contributed by atoms with Crippen molar-refractivity contribution in [3.05, 3.63) is 47.6 Å². The number of benzene rings is 1. The molecule has 4 rings (SSSR count). The maximum atomic E-state index is 12.4. The predicted molar refractivity (Wildman–Crippen MR) is 107 cm³/mol. The molecule has 1 aliphatic heterocycles. The summed E-state index contributed by atoms with van der Waals surface area (Å²) in [6, 6.07) is 8.59. The summed E-state index contributed by atoms with van der Waals surface area (Å²) in [7, 11) is 0. The Hall–Kier alpha value is -2.07. The second-order valence-electron chi connectivity index (χ2n) is 7.89. The Bertz CT molecular complexity index is 711. The predicted octanol–water partition coefficient (Wildman–Crippen LogP) is 4.00. The number of hydrogen-bond acceptors (Lipinski definition) is 3. The topological polar surface area (TPSA) is 58.4 Å². The van der Waals surface area contributed by atoms with E-state index in [1.54, 1.807) is 5.57 Å². The number of carbonyl (C=O) groups is 1. The van der Waals surface area contributed by atoms with Crippen molar-refractivity contribution in [2.75, 3.05) is 23.3 Å². The van der Waals surface area contributed by atoms with E-state index in [0.717, 1.165) is 44.5 Å². The smallest absolute Gasteiger partial charge is 0.227 e. The Morgan fingerprint density at radius 2 is 1.85 bits per heavy atom. The van der Waals surface area contributed by atoms with E-state index in [2.05, 4.69) is 34.5 Å². The third-order valence-corrected chi connectivity index (χ3v) is 6.07. The van der Waals surface area contributed by atoms with Crippen LogP contribution in [0.4, 0.5) is 11.4 Å². The number of nitrogens with zero attached hydrogens (tertiary/aromatic N) is 1. The van der Waals surface area contributed by atoms with Gasteiger partial charge in [0, 0.05) is 36.4 Å². The van der Waals surface area contributed by atoms with E-state index in [1.165, 1.54) is 30.5 Å². The fourth-order valence-corrected chi connectivity index (χ4v) is 4.37. The van der Waals surface area contributed by atoms with Gasteiger partial charge in [0.05, 0.1) is 0 Å². The van der Waals surface area contributed by atoms with Gasteiger partial charge in [-0.2, -0.15) is 0 Å². The highest BCUT2D eigenvalue weighted by molar-refractivity contribution is 5.92. The molecule has 0 saturated heterocycles.